The Kier molecular flexibility index (Phi) is 6.75. The number of imidazole rings is 1. The summed E-state index contributed by atoms with van der Waals surface area (Å²) in [5, 5.41) is 2.00. The molecule has 0 saturated carbocycles. The van der Waals surface area contributed by atoms with Gasteiger partial charge in [0.05, 0.1) is 18.9 Å². The number of fused-ring (bicyclic) bond motifs is 2. The van der Waals surface area contributed by atoms with Gasteiger partial charge in [0.15, 0.2) is 11.5 Å². The molecule has 10 nitrogen and oxygen atoms in total. The number of nitrogens with two attached hydrogens (primary N) is 1. The van der Waals surface area contributed by atoms with E-state index in [9.17, 15) is 9.59 Å². The summed E-state index contributed by atoms with van der Waals surface area (Å²) in [5.41, 5.74) is 6.91. The van der Waals surface area contributed by atoms with Crippen molar-refractivity contribution in [1.82, 2.24) is 19.5 Å². The van der Waals surface area contributed by atoms with E-state index in [0.29, 0.717) is 11.2 Å². The molecule has 4 aromatic rings. The van der Waals surface area contributed by atoms with Gasteiger partial charge in [-0.2, -0.15) is 0 Å². The van der Waals surface area contributed by atoms with Crippen LogP contribution >= 0.6 is 0 Å². The van der Waals surface area contributed by atoms with Gasteiger partial charge >= 0.3 is 5.97 Å². The van der Waals surface area contributed by atoms with Gasteiger partial charge in [0.2, 0.25) is 0 Å². The first-order valence-corrected chi connectivity index (χ1v) is 15.6. The number of ketones is 1. The first kappa shape index (κ1) is 27.2. The number of nitrogens with zero attached hydrogens (tertiary/aromatic N) is 4. The topological polar surface area (TPSA) is 131 Å². The van der Waals surface area contributed by atoms with Crippen LogP contribution in [-0.2, 0) is 23.5 Å². The van der Waals surface area contributed by atoms with Gasteiger partial charge in [-0.25, -0.2) is 15.0 Å². The van der Waals surface area contributed by atoms with Crippen LogP contribution in [-0.4, -0.2) is 58.4 Å². The number of ether oxygens (including phenoxy) is 2. The molecule has 0 amide bonds. The Balaban J connectivity index is 1.41. The van der Waals surface area contributed by atoms with E-state index >= 15 is 0 Å². The summed E-state index contributed by atoms with van der Waals surface area (Å²) in [6, 6.07) is 20.6. The highest BCUT2D eigenvalue weighted by Gasteiger charge is 2.61. The molecule has 4 heterocycles. The molecule has 41 heavy (non-hydrogen) atoms. The van der Waals surface area contributed by atoms with Crippen molar-refractivity contribution in [2.24, 2.45) is 11.8 Å². The summed E-state index contributed by atoms with van der Waals surface area (Å²) in [7, 11) is -2.90. The zero-order chi connectivity index (χ0) is 28.9. The zero-order valence-corrected chi connectivity index (χ0v) is 24.4. The van der Waals surface area contributed by atoms with E-state index in [1.807, 2.05) is 36.4 Å². The summed E-state index contributed by atoms with van der Waals surface area (Å²) >= 11 is 0. The fourth-order valence-electron chi connectivity index (χ4n) is 6.48. The smallest absolute Gasteiger partial charge is 0.317 e. The number of anilines is 1. The molecule has 2 aliphatic heterocycles. The molecule has 2 fully saturated rings. The fraction of sp³-hybridized carbons (Fsp3) is 0.367. The lowest BCUT2D eigenvalue weighted by molar-refractivity contribution is -0.153. The van der Waals surface area contributed by atoms with E-state index < -0.39 is 44.6 Å². The van der Waals surface area contributed by atoms with Crippen molar-refractivity contribution < 1.29 is 23.5 Å². The highest BCUT2D eigenvalue weighted by molar-refractivity contribution is 6.99. The van der Waals surface area contributed by atoms with Gasteiger partial charge in [0.25, 0.3) is 8.32 Å². The number of rotatable bonds is 7. The molecule has 0 aliphatic carbocycles. The summed E-state index contributed by atoms with van der Waals surface area (Å²) in [5.74, 6) is -2.14. The number of Topliss-reactive ketones (excluding diaryl/α,β-unsaturated/α-hetero) is 1. The first-order chi connectivity index (χ1) is 19.6. The Morgan fingerprint density at radius 1 is 1.02 bits per heavy atom. The number of esters is 1. The van der Waals surface area contributed by atoms with Crippen molar-refractivity contribution in [3.8, 4) is 0 Å². The van der Waals surface area contributed by atoms with Gasteiger partial charge in [-0.05, 0) is 22.3 Å². The first-order valence-electron chi connectivity index (χ1n) is 13.7. The minimum absolute atomic E-state index is 0.159. The van der Waals surface area contributed by atoms with Crippen LogP contribution in [0.1, 0.15) is 33.9 Å². The Morgan fingerprint density at radius 2 is 1.66 bits per heavy atom. The third kappa shape index (κ3) is 4.35. The van der Waals surface area contributed by atoms with Crippen molar-refractivity contribution in [2.45, 2.75) is 51.2 Å². The molecule has 2 N–H and O–H groups in total. The number of carbonyl (C=O) groups is 2. The lowest BCUT2D eigenvalue weighted by Gasteiger charge is -2.43. The van der Waals surface area contributed by atoms with E-state index in [-0.39, 0.29) is 23.2 Å². The lowest BCUT2D eigenvalue weighted by atomic mass is 9.86. The van der Waals surface area contributed by atoms with E-state index in [0.717, 1.165) is 10.4 Å². The van der Waals surface area contributed by atoms with Crippen LogP contribution in [0, 0.1) is 11.8 Å². The fourth-order valence-corrected chi connectivity index (χ4v) is 11.0. The summed E-state index contributed by atoms with van der Waals surface area (Å²) in [4.78, 5) is 38.5. The van der Waals surface area contributed by atoms with Gasteiger partial charge < -0.3 is 19.6 Å². The summed E-state index contributed by atoms with van der Waals surface area (Å²) in [6.45, 7) is 8.16. The predicted octanol–water partition coefficient (Wildman–Crippen LogP) is 2.63. The van der Waals surface area contributed by atoms with Crippen LogP contribution in [0.4, 0.5) is 5.82 Å². The number of hydrogen-bond donors (Lipinski definition) is 1. The van der Waals surface area contributed by atoms with Crippen LogP contribution in [0.3, 0.4) is 0 Å². The maximum atomic E-state index is 13.0. The predicted molar refractivity (Wildman–Crippen MR) is 155 cm³/mol. The average molecular weight is 572 g/mol. The molecular formula is C30H33N5O5Si. The third-order valence-electron chi connectivity index (χ3n) is 8.26. The molecule has 0 radical (unpaired) electrons. The van der Waals surface area contributed by atoms with Crippen LogP contribution in [0.25, 0.3) is 11.2 Å². The lowest BCUT2D eigenvalue weighted by Crippen LogP contribution is -2.67. The highest BCUT2D eigenvalue weighted by atomic mass is 28.4. The van der Waals surface area contributed by atoms with Crippen molar-refractivity contribution in [3.05, 3.63) is 73.3 Å². The standard InChI is InChI=1S/C30H33N5O5Si/c1-18(36)22-23-25(40-29(22)37)21(39-28(23)35-17-34-24-26(31)32-16-33-27(24)35)15-38-41(30(2,3)4,19-11-7-5-8-12-19)20-13-9-6-10-14-20/h5-14,16-17,21-23,25,28H,15H2,1-4H3,(H2,31,32,33)/t21-,22-,23-,25-,28-/m1/s1. The van der Waals surface area contributed by atoms with Crippen LogP contribution < -0.4 is 16.1 Å². The third-order valence-corrected chi connectivity index (χ3v) is 13.3. The molecule has 2 aliphatic rings. The van der Waals surface area contributed by atoms with Crippen LogP contribution in [0.5, 0.6) is 0 Å². The molecule has 0 spiro atoms. The monoisotopic (exact) mass is 571 g/mol. The maximum Gasteiger partial charge on any atom is 0.317 e. The van der Waals surface area contributed by atoms with Crippen molar-refractivity contribution >= 4 is 47.4 Å². The van der Waals surface area contributed by atoms with Gasteiger partial charge in [-0.1, -0.05) is 81.4 Å². The molecule has 5 atom stereocenters. The molecule has 2 saturated heterocycles. The van der Waals surface area contributed by atoms with Gasteiger partial charge in [0, 0.05) is 0 Å². The number of carbonyl (C=O) groups excluding carboxylic acids is 2. The number of hydrogen-bond acceptors (Lipinski definition) is 9. The Labute approximate surface area is 239 Å². The Bertz CT molecular complexity index is 1550. The quantitative estimate of drug-likeness (QED) is 0.202. The normalized spacial score (nSPS) is 24.4. The van der Waals surface area contributed by atoms with E-state index in [1.54, 1.807) is 10.9 Å². The van der Waals surface area contributed by atoms with Crippen molar-refractivity contribution in [3.63, 3.8) is 0 Å². The molecule has 2 aromatic heterocycles. The summed E-state index contributed by atoms with van der Waals surface area (Å²) in [6.07, 6.45) is 0.855. The highest BCUT2D eigenvalue weighted by Crippen LogP contribution is 2.48. The molecule has 0 unspecified atom stereocenters. The molecular weight excluding hydrogens is 538 g/mol. The van der Waals surface area contributed by atoms with Gasteiger partial charge in [-0.3, -0.25) is 14.2 Å². The second-order valence-electron chi connectivity index (χ2n) is 11.7. The molecule has 6 rings (SSSR count). The zero-order valence-electron chi connectivity index (χ0n) is 23.4. The van der Waals surface area contributed by atoms with E-state index in [2.05, 4.69) is 60.0 Å². The van der Waals surface area contributed by atoms with E-state index in [1.165, 1.54) is 13.3 Å². The molecule has 0 bridgehead atoms. The van der Waals surface area contributed by atoms with E-state index in [4.69, 9.17) is 19.6 Å². The van der Waals surface area contributed by atoms with Gasteiger partial charge in [0.1, 0.15) is 42.0 Å². The van der Waals surface area contributed by atoms with Crippen molar-refractivity contribution in [1.29, 1.82) is 0 Å². The molecule has 11 heteroatoms. The summed E-state index contributed by atoms with van der Waals surface area (Å²) < 4.78 is 21.3. The second kappa shape index (κ2) is 10.2. The van der Waals surface area contributed by atoms with Crippen LogP contribution in [0.2, 0.25) is 5.04 Å². The minimum atomic E-state index is -2.90. The number of benzene rings is 2. The SMILES string of the molecule is CC(=O)[C@H]1C(=O)O[C@H]2[C@@H]1[C@H](n1cnc3c(N)ncnc31)O[C@@H]2CO[Si](c1ccccc1)(c1ccccc1)C(C)(C)C. The second-order valence-corrected chi connectivity index (χ2v) is 16.0. The Hall–Kier alpha value is -3.93. The Morgan fingerprint density at radius 3 is 2.24 bits per heavy atom. The van der Waals surface area contributed by atoms with Crippen molar-refractivity contribution in [2.75, 3.05) is 12.3 Å². The maximum absolute atomic E-state index is 13.0. The number of aromatic nitrogens is 4. The van der Waals surface area contributed by atoms with Crippen LogP contribution in [0.15, 0.2) is 73.3 Å². The minimum Gasteiger partial charge on any atom is -0.458 e. The molecule has 2 aromatic carbocycles. The molecule has 212 valence electrons. The van der Waals surface area contributed by atoms with Gasteiger partial charge in [-0.15, -0.1) is 0 Å². The largest absolute Gasteiger partial charge is 0.458 e. The average Bonchev–Trinajstić information content (AvgIpc) is 3.62. The number of nitrogen functional groups attached to an aromatic ring is 1.